The smallest absolute Gasteiger partial charge is 1.00 e. The van der Waals surface area contributed by atoms with Gasteiger partial charge in [0.2, 0.25) is 0 Å². The molecule has 0 spiro atoms. The molecule has 0 aromatic carbocycles. The van der Waals surface area contributed by atoms with Crippen molar-refractivity contribution >= 4 is 62.2 Å². The van der Waals surface area contributed by atoms with Crippen LogP contribution in [0.5, 0.6) is 0 Å². The van der Waals surface area contributed by atoms with Gasteiger partial charge in [0.25, 0.3) is 0 Å². The van der Waals surface area contributed by atoms with Crippen molar-refractivity contribution in [3.8, 4) is 0 Å². The van der Waals surface area contributed by atoms with Crippen LogP contribution in [0.1, 0.15) is 4.28 Å². The molecule has 0 aromatic heterocycles. The van der Waals surface area contributed by atoms with E-state index in [2.05, 4.69) is 0 Å². The van der Waals surface area contributed by atoms with Crippen LogP contribution >= 0.6 is 0 Å². The summed E-state index contributed by atoms with van der Waals surface area (Å²) in [5.41, 5.74) is 0. The van der Waals surface area contributed by atoms with Crippen molar-refractivity contribution in [1.82, 2.24) is 0 Å². The summed E-state index contributed by atoms with van der Waals surface area (Å²) in [7, 11) is 0. The van der Waals surface area contributed by atoms with E-state index in [-0.39, 0.29) is 85.4 Å². The molecule has 0 aliphatic heterocycles. The van der Waals surface area contributed by atoms with E-state index in [0.29, 0.717) is 0 Å². The van der Waals surface area contributed by atoms with Gasteiger partial charge in [0, 0.05) is 0 Å². The van der Waals surface area contributed by atoms with Gasteiger partial charge in [-0.15, -0.1) is 0 Å². The minimum Gasteiger partial charge on any atom is -1.00 e. The molecule has 0 N–H and O–H groups in total. The second-order valence-electron chi connectivity index (χ2n) is 0. The van der Waals surface area contributed by atoms with Crippen molar-refractivity contribution in [1.29, 1.82) is 0 Å². The Morgan fingerprint density at radius 1 is 1.50 bits per heavy atom. The van der Waals surface area contributed by atoms with Gasteiger partial charge in [-0.05, 0) is 0 Å². The molecule has 4 heavy (non-hydrogen) atoms. The third kappa shape index (κ3) is 8.82. The summed E-state index contributed by atoms with van der Waals surface area (Å²) < 4.78 is 9.64. The van der Waals surface area contributed by atoms with Crippen molar-refractivity contribution < 1.29 is 26.7 Å². The van der Waals surface area contributed by atoms with E-state index in [1.807, 2.05) is 0 Å². The maximum absolute atomic E-state index is 9.64. The van der Waals surface area contributed by atoms with Gasteiger partial charge in [-0.2, -0.15) is 0 Å². The summed E-state index contributed by atoms with van der Waals surface area (Å²) in [4.78, 5) is 0. The monoisotopic (exact) mass is 146 g/mol. The second kappa shape index (κ2) is 17.7. The Hall–Kier alpha value is 2.54. The maximum atomic E-state index is 9.64. The minimum atomic E-state index is -0.194. The zero-order valence-electron chi connectivity index (χ0n) is 6.09. The second-order valence-corrected chi connectivity index (χ2v) is 0. The molecule has 0 amide bonds. The predicted octanol–water partition coefficient (Wildman–Crippen LogP) is -3.54. The summed E-state index contributed by atoms with van der Waals surface area (Å²) in [6.45, 7) is 0. The number of halogens is 1. The first-order valence-corrected chi connectivity index (χ1v) is 1.13. The molecule has 0 nitrogen and oxygen atoms in total. The zero-order chi connectivity index (χ0) is 2.00. The standard InChI is InChI=1S/Al.FH.Li.Sr.5H/h;1H;;;;;;;/q+1;;+1;+2;;;3*-1/p-1. The summed E-state index contributed by atoms with van der Waals surface area (Å²) >= 11 is -0.194. The molecule has 0 aliphatic rings. The van der Waals surface area contributed by atoms with Crippen molar-refractivity contribution in [3.63, 3.8) is 0 Å². The van der Waals surface area contributed by atoms with Crippen molar-refractivity contribution in [3.05, 3.63) is 0 Å². The van der Waals surface area contributed by atoms with Crippen molar-refractivity contribution in [2.75, 3.05) is 0 Å². The van der Waals surface area contributed by atoms with Crippen molar-refractivity contribution in [2.45, 2.75) is 0 Å². The zero-order valence-corrected chi connectivity index (χ0v) is 8.56. The van der Waals surface area contributed by atoms with E-state index in [9.17, 15) is 3.52 Å². The fourth-order valence-corrected chi connectivity index (χ4v) is 0. The Kier molecular flexibility index (Phi) is 70.9. The first kappa shape index (κ1) is 16.0. The van der Waals surface area contributed by atoms with E-state index < -0.39 is 0 Å². The minimum absolute atomic E-state index is 0. The first-order chi connectivity index (χ1) is 1.00. The van der Waals surface area contributed by atoms with Crippen LogP contribution in [0, 0.1) is 0 Å². The molecule has 0 rings (SSSR count). The Balaban J connectivity index is -0.000000000500. The normalized spacial score (nSPS) is 1.25. The van der Waals surface area contributed by atoms with Crippen molar-refractivity contribution in [2.24, 2.45) is 0 Å². The van der Waals surface area contributed by atoms with E-state index in [1.54, 1.807) is 0 Å². The molecular formula is H5AlFLiSr. The van der Waals surface area contributed by atoms with E-state index in [1.165, 1.54) is 0 Å². The fourth-order valence-electron chi connectivity index (χ4n) is 0. The van der Waals surface area contributed by atoms with Gasteiger partial charge in [-0.25, -0.2) is 0 Å². The molecule has 0 saturated heterocycles. The predicted molar refractivity (Wildman–Crippen MR) is 18.7 cm³/mol. The van der Waals surface area contributed by atoms with Crippen LogP contribution < -0.4 is 18.9 Å². The summed E-state index contributed by atoms with van der Waals surface area (Å²) in [5, 5.41) is 0. The Morgan fingerprint density at radius 3 is 1.50 bits per heavy atom. The van der Waals surface area contributed by atoms with Gasteiger partial charge >= 0.3 is 81.1 Å². The average Bonchev–Trinajstić information content (AvgIpc) is 1.00. The molecule has 0 bridgehead atoms. The van der Waals surface area contributed by atoms with E-state index >= 15 is 0 Å². The van der Waals surface area contributed by atoms with Crippen LogP contribution in [-0.2, 0) is 0 Å². The quantitative estimate of drug-likeness (QED) is 0.310. The van der Waals surface area contributed by atoms with Crippen LogP contribution in [0.3, 0.4) is 0 Å². The van der Waals surface area contributed by atoms with Crippen LogP contribution in [0.15, 0.2) is 0 Å². The molecule has 18 valence electrons. The Bertz CT molecular complexity index is 14.9. The summed E-state index contributed by atoms with van der Waals surface area (Å²) in [6.07, 6.45) is 0. The van der Waals surface area contributed by atoms with Gasteiger partial charge in [0.05, 0.1) is 0 Å². The molecule has 0 heterocycles. The third-order valence-electron chi connectivity index (χ3n) is 0. The van der Waals surface area contributed by atoms with Crippen LogP contribution in [-0.4, -0.2) is 62.2 Å². The fraction of sp³-hybridized carbons (Fsp3) is 0. The number of hydrogen-bond donors (Lipinski definition) is 0. The molecule has 0 saturated carbocycles. The average molecular weight is 146 g/mol. The molecule has 0 atom stereocenters. The Labute approximate surface area is 87.3 Å². The van der Waals surface area contributed by atoms with E-state index in [4.69, 9.17) is 0 Å². The van der Waals surface area contributed by atoms with Crippen LogP contribution in [0.4, 0.5) is 3.52 Å². The molecule has 0 fully saturated rings. The van der Waals surface area contributed by atoms with Crippen LogP contribution in [0.2, 0.25) is 0 Å². The molecule has 0 unspecified atom stereocenters. The Morgan fingerprint density at radius 2 is 1.50 bits per heavy atom. The SMILES string of the molecule is [F][AlH2].[H-].[H-].[H-].[Li+].[Sr+2]. The molecule has 4 heteroatoms. The molecule has 0 aromatic rings. The van der Waals surface area contributed by atoms with Gasteiger partial charge in [-0.1, -0.05) is 0 Å². The molecule has 0 radical (unpaired) electrons. The summed E-state index contributed by atoms with van der Waals surface area (Å²) in [6, 6.07) is 0. The largest absolute Gasteiger partial charge is 2.00 e. The summed E-state index contributed by atoms with van der Waals surface area (Å²) in [5.74, 6) is 0. The van der Waals surface area contributed by atoms with E-state index in [0.717, 1.165) is 0 Å². The topological polar surface area (TPSA) is 0 Å². The van der Waals surface area contributed by atoms with Gasteiger partial charge in [0.1, 0.15) is 0 Å². The molecule has 0 aliphatic carbocycles. The van der Waals surface area contributed by atoms with Gasteiger partial charge < -0.3 is 7.80 Å². The number of rotatable bonds is 0. The first-order valence-electron chi connectivity index (χ1n) is 0.378. The maximum Gasteiger partial charge on any atom is 2.00 e. The van der Waals surface area contributed by atoms with Crippen LogP contribution in [0.25, 0.3) is 0 Å². The third-order valence-corrected chi connectivity index (χ3v) is 0. The number of hydrogen-bond acceptors (Lipinski definition) is 0. The van der Waals surface area contributed by atoms with Gasteiger partial charge in [-0.3, -0.25) is 0 Å². The van der Waals surface area contributed by atoms with Gasteiger partial charge in [0.15, 0.2) is 0 Å². The molecular weight excluding hydrogens is 141 g/mol.